The molecule has 21 heavy (non-hydrogen) atoms. The van der Waals surface area contributed by atoms with Gasteiger partial charge < -0.3 is 10.3 Å². The third-order valence-electron chi connectivity index (χ3n) is 3.01. The maximum Gasteiger partial charge on any atom is 0.258 e. The molecule has 0 amide bonds. The molecule has 2 N–H and O–H groups in total. The van der Waals surface area contributed by atoms with Gasteiger partial charge in [0.2, 0.25) is 5.82 Å². The van der Waals surface area contributed by atoms with Crippen LogP contribution in [0.3, 0.4) is 0 Å². The Labute approximate surface area is 130 Å². The van der Waals surface area contributed by atoms with Gasteiger partial charge in [-0.3, -0.25) is 4.98 Å². The molecule has 0 radical (unpaired) electrons. The molecule has 0 fully saturated rings. The minimum absolute atomic E-state index is 0.441. The molecule has 3 aromatic rings. The number of nitrogen functional groups attached to an aromatic ring is 1. The summed E-state index contributed by atoms with van der Waals surface area (Å²) in [4.78, 5) is 8.77. The van der Waals surface area contributed by atoms with Crippen molar-refractivity contribution in [1.82, 2.24) is 15.1 Å². The summed E-state index contributed by atoms with van der Waals surface area (Å²) in [6.45, 7) is 3.87. The van der Waals surface area contributed by atoms with Crippen LogP contribution in [0.2, 0.25) is 0 Å². The first-order valence-electron chi connectivity index (χ1n) is 6.38. The Morgan fingerprint density at radius 3 is 2.38 bits per heavy atom. The molecular weight excluding hydrogens is 332 g/mol. The van der Waals surface area contributed by atoms with Gasteiger partial charge >= 0.3 is 0 Å². The lowest BCUT2D eigenvalue weighted by Gasteiger charge is -2.00. The summed E-state index contributed by atoms with van der Waals surface area (Å²) in [6, 6.07) is 9.38. The van der Waals surface area contributed by atoms with Crippen molar-refractivity contribution in [2.75, 3.05) is 5.73 Å². The first kappa shape index (κ1) is 13.8. The zero-order chi connectivity index (χ0) is 15.0. The van der Waals surface area contributed by atoms with Gasteiger partial charge in [0.25, 0.3) is 5.89 Å². The number of aryl methyl sites for hydroxylation is 2. The molecule has 2 aromatic heterocycles. The monoisotopic (exact) mass is 344 g/mol. The van der Waals surface area contributed by atoms with Crippen LogP contribution in [0.5, 0.6) is 0 Å². The van der Waals surface area contributed by atoms with E-state index < -0.39 is 0 Å². The van der Waals surface area contributed by atoms with Gasteiger partial charge in [0.1, 0.15) is 0 Å². The van der Waals surface area contributed by atoms with Crippen LogP contribution in [0.25, 0.3) is 22.8 Å². The van der Waals surface area contributed by atoms with Gasteiger partial charge in [-0.2, -0.15) is 4.98 Å². The fourth-order valence-electron chi connectivity index (χ4n) is 2.10. The molecule has 6 heteroatoms. The van der Waals surface area contributed by atoms with E-state index in [0.29, 0.717) is 17.4 Å². The normalized spacial score (nSPS) is 10.8. The molecule has 0 aliphatic carbocycles. The summed E-state index contributed by atoms with van der Waals surface area (Å²) >= 11 is 3.36. The van der Waals surface area contributed by atoms with Gasteiger partial charge in [0.05, 0.1) is 0 Å². The molecule has 0 unspecified atom stereocenters. The summed E-state index contributed by atoms with van der Waals surface area (Å²) in [6.07, 6.45) is 0. The van der Waals surface area contributed by atoms with Crippen molar-refractivity contribution >= 4 is 21.6 Å². The van der Waals surface area contributed by atoms with E-state index in [1.807, 2.05) is 38.1 Å². The van der Waals surface area contributed by atoms with E-state index in [2.05, 4.69) is 31.1 Å². The van der Waals surface area contributed by atoms with Crippen LogP contribution < -0.4 is 5.73 Å². The Balaban J connectivity index is 2.01. The average Bonchev–Trinajstić information content (AvgIpc) is 2.90. The number of aromatic nitrogens is 3. The minimum atomic E-state index is 0.441. The minimum Gasteiger partial charge on any atom is -0.398 e. The summed E-state index contributed by atoms with van der Waals surface area (Å²) in [5.74, 6) is 0.983. The smallest absolute Gasteiger partial charge is 0.258 e. The Bertz CT molecular complexity index is 793. The van der Waals surface area contributed by atoms with Gasteiger partial charge in [0.15, 0.2) is 0 Å². The topological polar surface area (TPSA) is 77.8 Å². The second-order valence-electron chi connectivity index (χ2n) is 4.80. The maximum absolute atomic E-state index is 5.87. The quantitative estimate of drug-likeness (QED) is 0.716. The summed E-state index contributed by atoms with van der Waals surface area (Å²) in [5.41, 5.74) is 10.0. The number of halogens is 1. The molecule has 0 aliphatic heterocycles. The number of pyridine rings is 1. The van der Waals surface area contributed by atoms with Crippen LogP contribution in [0.15, 0.2) is 39.3 Å². The highest BCUT2D eigenvalue weighted by atomic mass is 79.9. The highest BCUT2D eigenvalue weighted by molar-refractivity contribution is 9.10. The van der Waals surface area contributed by atoms with Gasteiger partial charge in [-0.25, -0.2) is 0 Å². The SMILES string of the molecule is Cc1cc(-c2noc(-c3ccc(Br)c(N)c3)n2)cc(C)n1. The zero-order valence-electron chi connectivity index (χ0n) is 11.6. The number of nitrogens with two attached hydrogens (primary N) is 1. The molecule has 3 rings (SSSR count). The van der Waals surface area contributed by atoms with E-state index in [9.17, 15) is 0 Å². The van der Waals surface area contributed by atoms with Crippen LogP contribution in [-0.4, -0.2) is 15.1 Å². The van der Waals surface area contributed by atoms with Gasteiger partial charge in [0, 0.05) is 32.7 Å². The van der Waals surface area contributed by atoms with Gasteiger partial charge in [-0.15, -0.1) is 0 Å². The van der Waals surface area contributed by atoms with Gasteiger partial charge in [-0.05, 0) is 60.1 Å². The molecule has 2 heterocycles. The van der Waals surface area contributed by atoms with Crippen molar-refractivity contribution in [3.05, 3.63) is 46.2 Å². The van der Waals surface area contributed by atoms with Crippen molar-refractivity contribution in [3.63, 3.8) is 0 Å². The number of hydrogen-bond acceptors (Lipinski definition) is 5. The molecule has 1 aromatic carbocycles. The maximum atomic E-state index is 5.87. The van der Waals surface area contributed by atoms with Crippen LogP contribution >= 0.6 is 15.9 Å². The number of benzene rings is 1. The number of rotatable bonds is 2. The van der Waals surface area contributed by atoms with E-state index >= 15 is 0 Å². The number of hydrogen-bond donors (Lipinski definition) is 1. The van der Waals surface area contributed by atoms with Crippen molar-refractivity contribution in [2.45, 2.75) is 13.8 Å². The molecule has 0 bridgehead atoms. The van der Waals surface area contributed by atoms with Crippen LogP contribution in [0.4, 0.5) is 5.69 Å². The van der Waals surface area contributed by atoms with Crippen molar-refractivity contribution < 1.29 is 4.52 Å². The first-order chi connectivity index (χ1) is 10.0. The second kappa shape index (κ2) is 5.29. The molecule has 0 atom stereocenters. The lowest BCUT2D eigenvalue weighted by atomic mass is 10.2. The molecule has 0 spiro atoms. The standard InChI is InChI=1S/C15H13BrN4O/c1-8-5-11(6-9(2)18-8)14-19-15(21-20-14)10-3-4-12(16)13(17)7-10/h3-7H,17H2,1-2H3. The lowest BCUT2D eigenvalue weighted by molar-refractivity contribution is 0.432. The van der Waals surface area contributed by atoms with Crippen LogP contribution in [0, 0.1) is 13.8 Å². The molecule has 0 saturated heterocycles. The fourth-order valence-corrected chi connectivity index (χ4v) is 2.34. The largest absolute Gasteiger partial charge is 0.398 e. The highest BCUT2D eigenvalue weighted by Crippen LogP contribution is 2.27. The van der Waals surface area contributed by atoms with Crippen molar-refractivity contribution in [1.29, 1.82) is 0 Å². The average molecular weight is 345 g/mol. The Kier molecular flexibility index (Phi) is 3.47. The van der Waals surface area contributed by atoms with E-state index in [1.165, 1.54) is 0 Å². The number of anilines is 1. The molecule has 5 nitrogen and oxygen atoms in total. The Morgan fingerprint density at radius 1 is 1.00 bits per heavy atom. The molecule has 0 aliphatic rings. The third-order valence-corrected chi connectivity index (χ3v) is 3.73. The van der Waals surface area contributed by atoms with Crippen LogP contribution in [-0.2, 0) is 0 Å². The van der Waals surface area contributed by atoms with Crippen LogP contribution in [0.1, 0.15) is 11.4 Å². The summed E-state index contributed by atoms with van der Waals surface area (Å²) < 4.78 is 6.17. The van der Waals surface area contributed by atoms with E-state index in [4.69, 9.17) is 10.3 Å². The van der Waals surface area contributed by atoms with Gasteiger partial charge in [-0.1, -0.05) is 5.16 Å². The zero-order valence-corrected chi connectivity index (χ0v) is 13.2. The first-order valence-corrected chi connectivity index (χ1v) is 7.17. The van der Waals surface area contributed by atoms with Crippen molar-refractivity contribution in [3.8, 4) is 22.8 Å². The molecular formula is C15H13BrN4O. The second-order valence-corrected chi connectivity index (χ2v) is 5.65. The van der Waals surface area contributed by atoms with E-state index in [1.54, 1.807) is 6.07 Å². The lowest BCUT2D eigenvalue weighted by Crippen LogP contribution is -1.90. The molecule has 0 saturated carbocycles. The predicted octanol–water partition coefficient (Wildman–Crippen LogP) is 3.76. The number of nitrogens with zero attached hydrogens (tertiary/aromatic N) is 3. The molecule has 106 valence electrons. The summed E-state index contributed by atoms with van der Waals surface area (Å²) in [7, 11) is 0. The fraction of sp³-hybridized carbons (Fsp3) is 0.133. The predicted molar refractivity (Wildman–Crippen MR) is 84.6 cm³/mol. The van der Waals surface area contributed by atoms with E-state index in [-0.39, 0.29) is 0 Å². The highest BCUT2D eigenvalue weighted by Gasteiger charge is 2.12. The van der Waals surface area contributed by atoms with E-state index in [0.717, 1.165) is 27.0 Å². The summed E-state index contributed by atoms with van der Waals surface area (Å²) in [5, 5.41) is 4.03. The Morgan fingerprint density at radius 2 is 1.71 bits per heavy atom. The third kappa shape index (κ3) is 2.80. The van der Waals surface area contributed by atoms with Crippen molar-refractivity contribution in [2.24, 2.45) is 0 Å². The Hall–Kier alpha value is -2.21.